The normalized spacial score (nSPS) is 22.0. The van der Waals surface area contributed by atoms with Crippen molar-refractivity contribution in [1.82, 2.24) is 10.3 Å². The Hall–Kier alpha value is -1.67. The number of aromatic nitrogens is 1. The SMILES string of the molecule is CCNC(c1ncccc1CC)C1CC1c1ccccc1. The number of hydrogen-bond donors (Lipinski definition) is 1. The number of rotatable bonds is 6. The van der Waals surface area contributed by atoms with E-state index in [0.717, 1.165) is 13.0 Å². The van der Waals surface area contributed by atoms with Crippen LogP contribution in [0, 0.1) is 5.92 Å². The van der Waals surface area contributed by atoms with Crippen molar-refractivity contribution < 1.29 is 0 Å². The van der Waals surface area contributed by atoms with Crippen LogP contribution < -0.4 is 5.32 Å². The Morgan fingerprint density at radius 3 is 2.67 bits per heavy atom. The van der Waals surface area contributed by atoms with E-state index in [1.54, 1.807) is 0 Å². The minimum absolute atomic E-state index is 0.386. The van der Waals surface area contributed by atoms with Crippen molar-refractivity contribution >= 4 is 0 Å². The fourth-order valence-electron chi connectivity index (χ4n) is 3.37. The third-order valence-corrected chi connectivity index (χ3v) is 4.52. The van der Waals surface area contributed by atoms with E-state index in [1.165, 1.54) is 23.2 Å². The number of nitrogens with zero attached hydrogens (tertiary/aromatic N) is 1. The van der Waals surface area contributed by atoms with Crippen LogP contribution in [0.3, 0.4) is 0 Å². The summed E-state index contributed by atoms with van der Waals surface area (Å²) < 4.78 is 0. The van der Waals surface area contributed by atoms with Gasteiger partial charge in [0, 0.05) is 6.20 Å². The molecule has 3 rings (SSSR count). The molecule has 21 heavy (non-hydrogen) atoms. The maximum absolute atomic E-state index is 4.70. The molecule has 3 unspecified atom stereocenters. The van der Waals surface area contributed by atoms with E-state index in [2.05, 4.69) is 55.6 Å². The standard InChI is InChI=1S/C19H24N2/c1-3-14-11-8-12-21-18(14)19(20-4-2)17-13-16(17)15-9-6-5-7-10-15/h5-12,16-17,19-20H,3-4,13H2,1-2H3. The first-order valence-corrected chi connectivity index (χ1v) is 8.07. The molecule has 110 valence electrons. The van der Waals surface area contributed by atoms with Crippen molar-refractivity contribution in [3.8, 4) is 0 Å². The fourth-order valence-corrected chi connectivity index (χ4v) is 3.37. The van der Waals surface area contributed by atoms with Gasteiger partial charge in [0.15, 0.2) is 0 Å². The predicted molar refractivity (Wildman–Crippen MR) is 87.3 cm³/mol. The maximum atomic E-state index is 4.70. The molecule has 1 saturated carbocycles. The highest BCUT2D eigenvalue weighted by Crippen LogP contribution is 2.54. The minimum atomic E-state index is 0.386. The van der Waals surface area contributed by atoms with Crippen molar-refractivity contribution in [2.75, 3.05) is 6.54 Å². The lowest BCUT2D eigenvalue weighted by Gasteiger charge is -2.20. The first kappa shape index (κ1) is 14.3. The van der Waals surface area contributed by atoms with Gasteiger partial charge in [0.25, 0.3) is 0 Å². The van der Waals surface area contributed by atoms with E-state index < -0.39 is 0 Å². The Labute approximate surface area is 127 Å². The van der Waals surface area contributed by atoms with Crippen LogP contribution in [0.4, 0.5) is 0 Å². The molecule has 1 N–H and O–H groups in total. The Kier molecular flexibility index (Phi) is 4.35. The summed E-state index contributed by atoms with van der Waals surface area (Å²) >= 11 is 0. The third kappa shape index (κ3) is 3.01. The zero-order valence-electron chi connectivity index (χ0n) is 12.9. The molecule has 1 heterocycles. The van der Waals surface area contributed by atoms with Crippen molar-refractivity contribution in [2.24, 2.45) is 5.92 Å². The number of pyridine rings is 1. The van der Waals surface area contributed by atoms with Crippen LogP contribution in [0.25, 0.3) is 0 Å². The quantitative estimate of drug-likeness (QED) is 0.861. The van der Waals surface area contributed by atoms with Gasteiger partial charge in [0.2, 0.25) is 0 Å². The zero-order valence-corrected chi connectivity index (χ0v) is 12.9. The highest BCUT2D eigenvalue weighted by Gasteiger charge is 2.44. The molecule has 2 nitrogen and oxygen atoms in total. The van der Waals surface area contributed by atoms with Crippen molar-refractivity contribution in [2.45, 2.75) is 38.6 Å². The Morgan fingerprint density at radius 2 is 1.95 bits per heavy atom. The van der Waals surface area contributed by atoms with E-state index in [9.17, 15) is 0 Å². The lowest BCUT2D eigenvalue weighted by Crippen LogP contribution is -2.25. The van der Waals surface area contributed by atoms with Crippen LogP contribution in [0.2, 0.25) is 0 Å². The summed E-state index contributed by atoms with van der Waals surface area (Å²) in [6, 6.07) is 15.5. The monoisotopic (exact) mass is 280 g/mol. The smallest absolute Gasteiger partial charge is 0.0608 e. The van der Waals surface area contributed by atoms with Gasteiger partial charge in [-0.05, 0) is 48.4 Å². The highest BCUT2D eigenvalue weighted by atomic mass is 15.0. The van der Waals surface area contributed by atoms with Gasteiger partial charge < -0.3 is 5.32 Å². The Balaban J connectivity index is 1.83. The van der Waals surface area contributed by atoms with Crippen LogP contribution in [-0.2, 0) is 6.42 Å². The summed E-state index contributed by atoms with van der Waals surface area (Å²) in [6.07, 6.45) is 4.24. The molecule has 0 saturated heterocycles. The van der Waals surface area contributed by atoms with E-state index in [-0.39, 0.29) is 0 Å². The summed E-state index contributed by atoms with van der Waals surface area (Å²) in [6.45, 7) is 5.38. The average molecular weight is 280 g/mol. The number of hydrogen-bond acceptors (Lipinski definition) is 2. The van der Waals surface area contributed by atoms with Crippen LogP contribution >= 0.6 is 0 Å². The van der Waals surface area contributed by atoms with Crippen LogP contribution in [0.15, 0.2) is 48.7 Å². The fraction of sp³-hybridized carbons (Fsp3) is 0.421. The molecule has 0 radical (unpaired) electrons. The molecule has 1 aliphatic carbocycles. The molecule has 3 atom stereocenters. The summed E-state index contributed by atoms with van der Waals surface area (Å²) in [7, 11) is 0. The van der Waals surface area contributed by atoms with Crippen LogP contribution in [0.1, 0.15) is 49.0 Å². The number of benzene rings is 1. The summed E-state index contributed by atoms with van der Waals surface area (Å²) in [5.74, 6) is 1.36. The second-order valence-corrected chi connectivity index (χ2v) is 5.85. The van der Waals surface area contributed by atoms with E-state index >= 15 is 0 Å². The van der Waals surface area contributed by atoms with Crippen molar-refractivity contribution in [1.29, 1.82) is 0 Å². The third-order valence-electron chi connectivity index (χ3n) is 4.52. The number of aryl methyl sites for hydroxylation is 1. The molecule has 1 aliphatic rings. The molecule has 0 bridgehead atoms. The van der Waals surface area contributed by atoms with Crippen molar-refractivity contribution in [3.63, 3.8) is 0 Å². The minimum Gasteiger partial charge on any atom is -0.309 e. The molecular weight excluding hydrogens is 256 g/mol. The van der Waals surface area contributed by atoms with E-state index in [0.29, 0.717) is 17.9 Å². The first-order chi connectivity index (χ1) is 10.3. The Bertz CT molecular complexity index is 579. The topological polar surface area (TPSA) is 24.9 Å². The van der Waals surface area contributed by atoms with Gasteiger partial charge in [-0.15, -0.1) is 0 Å². The molecule has 1 aromatic carbocycles. The van der Waals surface area contributed by atoms with Crippen LogP contribution in [-0.4, -0.2) is 11.5 Å². The van der Waals surface area contributed by atoms with Crippen molar-refractivity contribution in [3.05, 3.63) is 65.5 Å². The summed E-state index contributed by atoms with van der Waals surface area (Å²) in [5, 5.41) is 3.67. The van der Waals surface area contributed by atoms with Gasteiger partial charge in [0.1, 0.15) is 0 Å². The predicted octanol–water partition coefficient (Wildman–Crippen LogP) is 4.10. The maximum Gasteiger partial charge on any atom is 0.0608 e. The largest absolute Gasteiger partial charge is 0.309 e. The summed E-state index contributed by atoms with van der Waals surface area (Å²) in [4.78, 5) is 4.70. The second-order valence-electron chi connectivity index (χ2n) is 5.85. The Morgan fingerprint density at radius 1 is 1.14 bits per heavy atom. The second kappa shape index (κ2) is 6.40. The molecule has 0 aliphatic heterocycles. The molecule has 1 aromatic heterocycles. The molecule has 0 amide bonds. The molecule has 0 spiro atoms. The first-order valence-electron chi connectivity index (χ1n) is 8.07. The van der Waals surface area contributed by atoms with Gasteiger partial charge in [-0.3, -0.25) is 4.98 Å². The van der Waals surface area contributed by atoms with E-state index in [4.69, 9.17) is 4.98 Å². The zero-order chi connectivity index (χ0) is 14.7. The molecule has 2 heteroatoms. The number of nitrogens with one attached hydrogen (secondary N) is 1. The highest BCUT2D eigenvalue weighted by molar-refractivity contribution is 5.31. The summed E-state index contributed by atoms with van der Waals surface area (Å²) in [5.41, 5.74) is 4.10. The van der Waals surface area contributed by atoms with Gasteiger partial charge in [-0.1, -0.05) is 50.2 Å². The molecule has 2 aromatic rings. The van der Waals surface area contributed by atoms with Gasteiger partial charge in [-0.2, -0.15) is 0 Å². The average Bonchev–Trinajstić information content (AvgIpc) is 3.34. The molecular formula is C19H24N2. The van der Waals surface area contributed by atoms with Crippen LogP contribution in [0.5, 0.6) is 0 Å². The van der Waals surface area contributed by atoms with E-state index in [1.807, 2.05) is 12.3 Å². The lowest BCUT2D eigenvalue weighted by molar-refractivity contribution is 0.472. The molecule has 1 fully saturated rings. The van der Waals surface area contributed by atoms with Gasteiger partial charge in [-0.25, -0.2) is 0 Å². The van der Waals surface area contributed by atoms with Gasteiger partial charge >= 0.3 is 0 Å². The lowest BCUT2D eigenvalue weighted by atomic mass is 9.98. The van der Waals surface area contributed by atoms with Gasteiger partial charge in [0.05, 0.1) is 11.7 Å².